The largest absolute Gasteiger partial charge is 0.180 e. The fourth-order valence-electron chi connectivity index (χ4n) is 3.93. The zero-order chi connectivity index (χ0) is 24.1. The van der Waals surface area contributed by atoms with Crippen molar-refractivity contribution in [3.05, 3.63) is 30.3 Å². The minimum absolute atomic E-state index is 1.29. The van der Waals surface area contributed by atoms with E-state index in [1.54, 1.807) is 0 Å². The molecular formula is C28H54Cl2Si2. The predicted molar refractivity (Wildman–Crippen MR) is 157 cm³/mol. The Balaban J connectivity index is 0.000000792. The Morgan fingerprint density at radius 1 is 0.531 bits per heavy atom. The molecular weight excluding hydrogens is 463 g/mol. The summed E-state index contributed by atoms with van der Waals surface area (Å²) in [6, 6.07) is 11.6. The molecule has 1 aromatic carbocycles. The van der Waals surface area contributed by atoms with Crippen LogP contribution in [-0.4, -0.2) is 14.8 Å². The van der Waals surface area contributed by atoms with Crippen LogP contribution in [0, 0.1) is 0 Å². The molecule has 188 valence electrons. The fraction of sp³-hybridized carbons (Fsp3) is 0.786. The lowest BCUT2D eigenvalue weighted by Gasteiger charge is -2.11. The second-order valence-electron chi connectivity index (χ2n) is 10.6. The van der Waals surface area contributed by atoms with Gasteiger partial charge in [-0.3, -0.25) is 0 Å². The van der Waals surface area contributed by atoms with Crippen molar-refractivity contribution >= 4 is 42.1 Å². The minimum atomic E-state index is -1.56. The maximum absolute atomic E-state index is 6.34. The van der Waals surface area contributed by atoms with Gasteiger partial charge in [0.25, 0.3) is 0 Å². The summed E-state index contributed by atoms with van der Waals surface area (Å²) in [4.78, 5) is 0. The van der Waals surface area contributed by atoms with Gasteiger partial charge in [0.2, 0.25) is 0 Å². The minimum Gasteiger partial charge on any atom is -0.168 e. The van der Waals surface area contributed by atoms with E-state index in [4.69, 9.17) is 22.2 Å². The van der Waals surface area contributed by atoms with E-state index in [-0.39, 0.29) is 0 Å². The Morgan fingerprint density at radius 2 is 0.875 bits per heavy atom. The van der Waals surface area contributed by atoms with Crippen molar-refractivity contribution in [1.82, 2.24) is 0 Å². The fourth-order valence-corrected chi connectivity index (χ4v) is 6.78. The van der Waals surface area contributed by atoms with Crippen LogP contribution >= 0.6 is 22.2 Å². The van der Waals surface area contributed by atoms with Gasteiger partial charge in [0.05, 0.1) is 0 Å². The Bertz CT molecular complexity index is 506. The lowest BCUT2D eigenvalue weighted by molar-refractivity contribution is 0.531. The van der Waals surface area contributed by atoms with E-state index in [1.807, 2.05) is 18.2 Å². The first kappa shape index (κ1) is 32.2. The molecule has 0 unspecified atom stereocenters. The van der Waals surface area contributed by atoms with Gasteiger partial charge in [0.1, 0.15) is 7.38 Å². The van der Waals surface area contributed by atoms with E-state index >= 15 is 0 Å². The van der Waals surface area contributed by atoms with Crippen LogP contribution < -0.4 is 5.19 Å². The van der Waals surface area contributed by atoms with Gasteiger partial charge in [-0.25, -0.2) is 0 Å². The Labute approximate surface area is 213 Å². The second-order valence-corrected chi connectivity index (χ2v) is 24.0. The van der Waals surface area contributed by atoms with Crippen molar-refractivity contribution in [1.29, 1.82) is 0 Å². The van der Waals surface area contributed by atoms with Crippen LogP contribution in [0.5, 0.6) is 0 Å². The van der Waals surface area contributed by atoms with Crippen molar-refractivity contribution in [2.45, 2.75) is 142 Å². The van der Waals surface area contributed by atoms with E-state index in [2.05, 4.69) is 45.2 Å². The normalized spacial score (nSPS) is 11.8. The van der Waals surface area contributed by atoms with Crippen LogP contribution in [0.25, 0.3) is 0 Å². The third-order valence-corrected chi connectivity index (χ3v) is 10.6. The van der Waals surface area contributed by atoms with Gasteiger partial charge in [-0.15, -0.1) is 0 Å². The van der Waals surface area contributed by atoms with E-state index in [1.165, 1.54) is 114 Å². The molecule has 0 spiro atoms. The lowest BCUT2D eigenvalue weighted by Crippen LogP contribution is -2.34. The third-order valence-electron chi connectivity index (χ3n) is 6.09. The van der Waals surface area contributed by atoms with Gasteiger partial charge < -0.3 is 0 Å². The maximum atomic E-state index is 6.34. The molecule has 0 bridgehead atoms. The highest BCUT2D eigenvalue weighted by atomic mass is 35.6. The average Bonchev–Trinajstić information content (AvgIpc) is 2.73. The van der Waals surface area contributed by atoms with Crippen molar-refractivity contribution in [2.24, 2.45) is 0 Å². The summed E-state index contributed by atoms with van der Waals surface area (Å²) in [5, 5.41) is 1.30. The summed E-state index contributed by atoms with van der Waals surface area (Å²) in [5.41, 5.74) is 0. The zero-order valence-electron chi connectivity index (χ0n) is 22.2. The number of hydrogen-bond donors (Lipinski definition) is 0. The van der Waals surface area contributed by atoms with Gasteiger partial charge in [-0.05, 0) is 11.2 Å². The van der Waals surface area contributed by atoms with Crippen molar-refractivity contribution in [2.75, 3.05) is 0 Å². The maximum Gasteiger partial charge on any atom is 0.180 e. The second kappa shape index (κ2) is 20.6. The van der Waals surface area contributed by atoms with Crippen LogP contribution in [0.4, 0.5) is 0 Å². The molecule has 0 heterocycles. The first-order chi connectivity index (χ1) is 15.2. The standard InChI is InChI=1S/C20H43ClSi.C8H11ClSi/c1-4-5-6-7-8-9-10-11-12-13-14-15-16-17-18-19-20-22(2,3)21;1-10(2,9)8-6-4-3-5-7-8/h4-20H2,1-3H3;3-7H,1-2H3. The van der Waals surface area contributed by atoms with E-state index in [9.17, 15) is 0 Å². The van der Waals surface area contributed by atoms with Crippen molar-refractivity contribution < 1.29 is 0 Å². The Morgan fingerprint density at radius 3 is 1.16 bits per heavy atom. The number of unbranched alkanes of at least 4 members (excludes halogenated alkanes) is 15. The molecule has 0 aliphatic rings. The van der Waals surface area contributed by atoms with Gasteiger partial charge in [0, 0.05) is 0 Å². The van der Waals surface area contributed by atoms with Gasteiger partial charge in [0.15, 0.2) is 7.38 Å². The van der Waals surface area contributed by atoms with Crippen LogP contribution in [0.1, 0.15) is 110 Å². The van der Waals surface area contributed by atoms with Gasteiger partial charge in [-0.1, -0.05) is 166 Å². The molecule has 0 aliphatic carbocycles. The van der Waals surface area contributed by atoms with Crippen LogP contribution in [0.2, 0.25) is 32.2 Å². The van der Waals surface area contributed by atoms with Gasteiger partial charge >= 0.3 is 0 Å². The van der Waals surface area contributed by atoms with E-state index < -0.39 is 14.8 Å². The zero-order valence-corrected chi connectivity index (χ0v) is 25.7. The molecule has 0 amide bonds. The third kappa shape index (κ3) is 23.4. The summed E-state index contributed by atoms with van der Waals surface area (Å²) in [6.45, 7) is 11.1. The summed E-state index contributed by atoms with van der Waals surface area (Å²) in [5.74, 6) is 0. The molecule has 4 heteroatoms. The quantitative estimate of drug-likeness (QED) is 0.103. The Hall–Kier alpha value is 0.234. The highest BCUT2D eigenvalue weighted by Crippen LogP contribution is 2.19. The highest BCUT2D eigenvalue weighted by molar-refractivity contribution is 7.26. The van der Waals surface area contributed by atoms with E-state index in [0.717, 1.165) is 0 Å². The summed E-state index contributed by atoms with van der Waals surface area (Å²) in [6.07, 6.45) is 23.1. The van der Waals surface area contributed by atoms with Crippen LogP contribution in [0.3, 0.4) is 0 Å². The first-order valence-corrected chi connectivity index (χ1v) is 21.8. The lowest BCUT2D eigenvalue weighted by atomic mass is 10.0. The van der Waals surface area contributed by atoms with E-state index in [0.29, 0.717) is 0 Å². The number of rotatable bonds is 18. The molecule has 0 nitrogen and oxygen atoms in total. The smallest absolute Gasteiger partial charge is 0.168 e. The molecule has 0 aromatic heterocycles. The molecule has 0 atom stereocenters. The number of halogens is 2. The first-order valence-electron chi connectivity index (χ1n) is 13.6. The number of benzene rings is 1. The molecule has 0 saturated carbocycles. The number of hydrogen-bond acceptors (Lipinski definition) is 0. The Kier molecular flexibility index (Phi) is 20.7. The van der Waals surface area contributed by atoms with Crippen molar-refractivity contribution in [3.63, 3.8) is 0 Å². The summed E-state index contributed by atoms with van der Waals surface area (Å²) < 4.78 is 0. The molecule has 32 heavy (non-hydrogen) atoms. The topological polar surface area (TPSA) is 0 Å². The summed E-state index contributed by atoms with van der Waals surface area (Å²) >= 11 is 12.5. The average molecular weight is 518 g/mol. The molecule has 0 aliphatic heterocycles. The molecule has 0 fully saturated rings. The molecule has 1 aromatic rings. The van der Waals surface area contributed by atoms with Crippen molar-refractivity contribution in [3.8, 4) is 0 Å². The molecule has 0 radical (unpaired) electrons. The predicted octanol–water partition coefficient (Wildman–Crippen LogP) is 11.0. The SMILES string of the molecule is CCCCCCCCCCCCCCCCCC[Si](C)(C)Cl.C[Si](C)(Cl)c1ccccc1. The van der Waals surface area contributed by atoms with Crippen LogP contribution in [-0.2, 0) is 0 Å². The molecule has 1 rings (SSSR count). The van der Waals surface area contributed by atoms with Crippen LogP contribution in [0.15, 0.2) is 30.3 Å². The monoisotopic (exact) mass is 516 g/mol. The highest BCUT2D eigenvalue weighted by Gasteiger charge is 2.18. The van der Waals surface area contributed by atoms with Gasteiger partial charge in [-0.2, -0.15) is 22.2 Å². The molecule has 0 N–H and O–H groups in total. The summed E-state index contributed by atoms with van der Waals surface area (Å²) in [7, 11) is -2.85. The molecule has 0 saturated heterocycles.